The van der Waals surface area contributed by atoms with Crippen LogP contribution in [0.25, 0.3) is 0 Å². The lowest BCUT2D eigenvalue weighted by molar-refractivity contribution is -0.161. The second kappa shape index (κ2) is 57.0. The molecule has 86 heavy (non-hydrogen) atoms. The Morgan fingerprint density at radius 2 is 0.558 bits per heavy atom. The van der Waals surface area contributed by atoms with Gasteiger partial charge in [0.1, 0.15) is 19.3 Å². The molecule has 0 saturated carbocycles. The number of esters is 4. The summed E-state index contributed by atoms with van der Waals surface area (Å²) in [6.45, 7) is 13.9. The van der Waals surface area contributed by atoms with E-state index < -0.39 is 97.5 Å². The van der Waals surface area contributed by atoms with Gasteiger partial charge < -0.3 is 33.8 Å². The van der Waals surface area contributed by atoms with Crippen molar-refractivity contribution in [2.75, 3.05) is 39.6 Å². The van der Waals surface area contributed by atoms with Gasteiger partial charge in [-0.2, -0.15) is 0 Å². The highest BCUT2D eigenvalue weighted by Gasteiger charge is 2.30. The highest BCUT2D eigenvalue weighted by molar-refractivity contribution is 7.47. The molecular weight excluding hydrogens is 1140 g/mol. The van der Waals surface area contributed by atoms with E-state index in [-0.39, 0.29) is 25.7 Å². The van der Waals surface area contributed by atoms with Crippen LogP contribution in [0.15, 0.2) is 0 Å². The van der Waals surface area contributed by atoms with Crippen molar-refractivity contribution in [3.8, 4) is 0 Å². The van der Waals surface area contributed by atoms with Crippen LogP contribution in [0.2, 0.25) is 0 Å². The number of aliphatic hydroxyl groups excluding tert-OH is 1. The molecule has 0 saturated heterocycles. The summed E-state index contributed by atoms with van der Waals surface area (Å²) < 4.78 is 68.0. The van der Waals surface area contributed by atoms with Gasteiger partial charge in [0.15, 0.2) is 12.2 Å². The zero-order valence-corrected chi connectivity index (χ0v) is 57.7. The zero-order valence-electron chi connectivity index (χ0n) is 55.9. The summed E-state index contributed by atoms with van der Waals surface area (Å²) in [5, 5.41) is 10.5. The summed E-state index contributed by atoms with van der Waals surface area (Å²) in [7, 11) is -9.89. The van der Waals surface area contributed by atoms with Crippen molar-refractivity contribution in [3.63, 3.8) is 0 Å². The van der Waals surface area contributed by atoms with Gasteiger partial charge in [0.25, 0.3) is 0 Å². The predicted octanol–water partition coefficient (Wildman–Crippen LogP) is 18.5. The van der Waals surface area contributed by atoms with E-state index in [0.29, 0.717) is 37.5 Å². The van der Waals surface area contributed by atoms with Crippen molar-refractivity contribution in [3.05, 3.63) is 0 Å². The number of aliphatic hydroxyl groups is 1. The van der Waals surface area contributed by atoms with E-state index in [1.807, 2.05) is 0 Å². The van der Waals surface area contributed by atoms with Crippen LogP contribution in [0.1, 0.15) is 325 Å². The van der Waals surface area contributed by atoms with Gasteiger partial charge in [0.2, 0.25) is 0 Å². The van der Waals surface area contributed by atoms with Crippen LogP contribution in [0, 0.1) is 23.7 Å². The van der Waals surface area contributed by atoms with E-state index in [9.17, 15) is 43.2 Å². The highest BCUT2D eigenvalue weighted by atomic mass is 31.2. The summed E-state index contributed by atoms with van der Waals surface area (Å²) in [6.07, 6.45) is 38.0. The monoisotopic (exact) mass is 1270 g/mol. The Hall–Kier alpha value is -1.94. The third-order valence-electron chi connectivity index (χ3n) is 15.7. The molecule has 0 aromatic rings. The maximum atomic E-state index is 13.0. The Balaban J connectivity index is 5.16. The number of carbonyl (C=O) groups is 4. The SMILES string of the molecule is CCC(C)CCCCCCCCC(=O)O[C@H](COC(=O)CCCCCCCCCCCCCCCCCC(C)C)COP(=O)(O)OC[C@@H](O)COP(=O)(O)OC[C@@H](COC(=O)CCCCCCCCC(C)C)OC(=O)CCCCCCCCC(C)C. The average Bonchev–Trinajstić information content (AvgIpc) is 3.67. The molecule has 3 unspecified atom stereocenters. The molecule has 510 valence electrons. The predicted molar refractivity (Wildman–Crippen MR) is 344 cm³/mol. The first kappa shape index (κ1) is 84.1. The Kier molecular flexibility index (Phi) is 55.7. The van der Waals surface area contributed by atoms with E-state index in [1.165, 1.54) is 122 Å². The standard InChI is InChI=1S/C67H130O17P2/c1-9-60(8)46-38-30-23-26-34-42-50-67(72)84-62(53-77-64(69)47-39-31-20-18-16-14-12-10-11-13-15-17-19-27-35-43-57(2)3)55-81-85(73,74)79-51-61(68)52-80-86(75,76)82-56-63(83-66(71)49-41-33-25-22-29-37-45-59(6)7)54-78-65(70)48-40-32-24-21-28-36-44-58(4)5/h57-63,68H,9-56H2,1-8H3,(H,73,74)(H,75,76)/t60?,61-,62-,63-/m1/s1. The number of hydrogen-bond donors (Lipinski definition) is 3. The number of phosphoric acid groups is 2. The zero-order chi connectivity index (χ0) is 63.9. The lowest BCUT2D eigenvalue weighted by Gasteiger charge is -2.21. The third kappa shape index (κ3) is 59.7. The molecule has 0 aliphatic heterocycles. The second-order valence-corrected chi connectivity index (χ2v) is 28.8. The fourth-order valence-electron chi connectivity index (χ4n) is 9.93. The van der Waals surface area contributed by atoms with Gasteiger partial charge in [0.05, 0.1) is 26.4 Å². The Bertz CT molecular complexity index is 1720. The van der Waals surface area contributed by atoms with Crippen molar-refractivity contribution in [2.45, 2.75) is 343 Å². The molecule has 0 heterocycles. The minimum absolute atomic E-state index is 0.100. The lowest BCUT2D eigenvalue weighted by atomic mass is 10.00. The molecule has 0 aromatic carbocycles. The number of unbranched alkanes of at least 4 members (excludes halogenated alkanes) is 29. The first-order valence-electron chi connectivity index (χ1n) is 34.7. The molecular formula is C67H130O17P2. The molecule has 0 bridgehead atoms. The molecule has 0 spiro atoms. The smallest absolute Gasteiger partial charge is 0.462 e. The van der Waals surface area contributed by atoms with E-state index in [1.54, 1.807) is 0 Å². The molecule has 19 heteroatoms. The summed E-state index contributed by atoms with van der Waals surface area (Å²) >= 11 is 0. The molecule has 0 rings (SSSR count). The van der Waals surface area contributed by atoms with E-state index >= 15 is 0 Å². The van der Waals surface area contributed by atoms with Crippen LogP contribution in [0.3, 0.4) is 0 Å². The first-order valence-corrected chi connectivity index (χ1v) is 37.7. The van der Waals surface area contributed by atoms with Gasteiger partial charge >= 0.3 is 39.5 Å². The maximum absolute atomic E-state index is 13.0. The molecule has 0 radical (unpaired) electrons. The van der Waals surface area contributed by atoms with Crippen LogP contribution < -0.4 is 0 Å². The van der Waals surface area contributed by atoms with E-state index in [2.05, 4.69) is 55.4 Å². The molecule has 6 atom stereocenters. The van der Waals surface area contributed by atoms with Gasteiger partial charge in [-0.1, -0.05) is 274 Å². The summed E-state index contributed by atoms with van der Waals surface area (Å²) in [6, 6.07) is 0. The number of carbonyl (C=O) groups excluding carboxylic acids is 4. The molecule has 17 nitrogen and oxygen atoms in total. The fraction of sp³-hybridized carbons (Fsp3) is 0.940. The third-order valence-corrected chi connectivity index (χ3v) is 17.6. The van der Waals surface area contributed by atoms with Crippen LogP contribution >= 0.6 is 15.6 Å². The second-order valence-electron chi connectivity index (χ2n) is 25.9. The van der Waals surface area contributed by atoms with Crippen LogP contribution in [-0.4, -0.2) is 96.7 Å². The van der Waals surface area contributed by atoms with Crippen molar-refractivity contribution in [1.82, 2.24) is 0 Å². The van der Waals surface area contributed by atoms with Crippen LogP contribution in [-0.2, 0) is 65.4 Å². The van der Waals surface area contributed by atoms with Gasteiger partial charge in [-0.05, 0) is 49.4 Å². The first-order chi connectivity index (χ1) is 41.1. The van der Waals surface area contributed by atoms with Crippen molar-refractivity contribution >= 4 is 39.5 Å². The molecule has 3 N–H and O–H groups in total. The maximum Gasteiger partial charge on any atom is 0.472 e. The molecule has 0 amide bonds. The Morgan fingerprint density at radius 3 is 0.826 bits per heavy atom. The molecule has 0 aliphatic rings. The number of ether oxygens (including phenoxy) is 4. The fourth-order valence-corrected chi connectivity index (χ4v) is 11.5. The topological polar surface area (TPSA) is 237 Å². The Morgan fingerprint density at radius 1 is 0.326 bits per heavy atom. The van der Waals surface area contributed by atoms with Gasteiger partial charge in [0, 0.05) is 25.7 Å². The van der Waals surface area contributed by atoms with E-state index in [0.717, 1.165) is 108 Å². The Labute approximate surface area is 524 Å². The van der Waals surface area contributed by atoms with Crippen LogP contribution in [0.4, 0.5) is 0 Å². The average molecular weight is 1270 g/mol. The van der Waals surface area contributed by atoms with Crippen molar-refractivity contribution in [2.24, 2.45) is 23.7 Å². The van der Waals surface area contributed by atoms with Gasteiger partial charge in [-0.25, -0.2) is 9.13 Å². The quantitative estimate of drug-likeness (QED) is 0.0222. The number of rotatable bonds is 64. The minimum Gasteiger partial charge on any atom is -0.462 e. The normalized spacial score (nSPS) is 14.7. The molecule has 0 aliphatic carbocycles. The van der Waals surface area contributed by atoms with Crippen molar-refractivity contribution in [1.29, 1.82) is 0 Å². The summed E-state index contributed by atoms with van der Waals surface area (Å²) in [5.74, 6) is 0.733. The van der Waals surface area contributed by atoms with Crippen LogP contribution in [0.5, 0.6) is 0 Å². The lowest BCUT2D eigenvalue weighted by Crippen LogP contribution is -2.30. The largest absolute Gasteiger partial charge is 0.472 e. The summed E-state index contributed by atoms with van der Waals surface area (Å²) in [5.41, 5.74) is 0. The number of hydrogen-bond acceptors (Lipinski definition) is 15. The molecule has 0 aromatic heterocycles. The summed E-state index contributed by atoms with van der Waals surface area (Å²) in [4.78, 5) is 72.2. The van der Waals surface area contributed by atoms with E-state index in [4.69, 9.17) is 37.0 Å². The minimum atomic E-state index is -4.95. The highest BCUT2D eigenvalue weighted by Crippen LogP contribution is 2.45. The number of phosphoric ester groups is 2. The van der Waals surface area contributed by atoms with Gasteiger partial charge in [-0.15, -0.1) is 0 Å². The molecule has 0 fully saturated rings. The van der Waals surface area contributed by atoms with Crippen molar-refractivity contribution < 1.29 is 80.2 Å². The van der Waals surface area contributed by atoms with Gasteiger partial charge in [-0.3, -0.25) is 37.3 Å².